The molecule has 1 saturated carbocycles. The van der Waals surface area contributed by atoms with Crippen molar-refractivity contribution < 1.29 is 26.3 Å². The van der Waals surface area contributed by atoms with E-state index in [1.165, 1.54) is 18.2 Å². The Balaban J connectivity index is 1.84. The molecule has 1 aliphatic carbocycles. The average Bonchev–Trinajstić information content (AvgIpc) is 2.94. The number of ether oxygens (including phenoxy) is 1. The third-order valence-electron chi connectivity index (χ3n) is 4.85. The minimum absolute atomic E-state index is 0.00914. The number of anilines is 1. The van der Waals surface area contributed by atoms with E-state index >= 15 is 0 Å². The Hall–Kier alpha value is -1.28. The molecule has 1 saturated heterocycles. The number of hydrogen-bond acceptors (Lipinski definition) is 4. The Kier molecular flexibility index (Phi) is 4.55. The van der Waals surface area contributed by atoms with E-state index in [1.807, 2.05) is 0 Å². The van der Waals surface area contributed by atoms with E-state index in [4.69, 9.17) is 4.74 Å². The van der Waals surface area contributed by atoms with Crippen LogP contribution >= 0.6 is 0 Å². The topological polar surface area (TPSA) is 55.4 Å². The summed E-state index contributed by atoms with van der Waals surface area (Å²) >= 11 is 0. The molecule has 1 unspecified atom stereocenters. The summed E-state index contributed by atoms with van der Waals surface area (Å²) in [5.41, 5.74) is -5.50. The summed E-state index contributed by atoms with van der Waals surface area (Å²) in [6, 6.07) is 5.11. The first-order valence-corrected chi connectivity index (χ1v) is 9.53. The summed E-state index contributed by atoms with van der Waals surface area (Å²) in [7, 11) is -5.38. The lowest BCUT2D eigenvalue weighted by Crippen LogP contribution is -2.42. The van der Waals surface area contributed by atoms with Gasteiger partial charge in [0.05, 0.1) is 16.2 Å². The van der Waals surface area contributed by atoms with Gasteiger partial charge in [0.2, 0.25) is 0 Å². The smallest absolute Gasteiger partial charge is 0.381 e. The Morgan fingerprint density at radius 2 is 1.83 bits per heavy atom. The maximum Gasteiger partial charge on any atom is 0.501 e. The average molecular weight is 363 g/mol. The van der Waals surface area contributed by atoms with Crippen molar-refractivity contribution in [1.82, 2.24) is 0 Å². The highest BCUT2D eigenvalue weighted by Gasteiger charge is 2.48. The summed E-state index contributed by atoms with van der Waals surface area (Å²) in [5, 5.41) is 3.02. The molecule has 1 N–H and O–H groups in total. The lowest BCUT2D eigenvalue weighted by atomic mass is 9.89. The minimum Gasteiger partial charge on any atom is -0.381 e. The standard InChI is InChI=1S/C16H20F3NO3S/c17-16(18,19)24(21,22)14-6-2-1-5-13(14)20-12-7-10-23-15(11-12)8-3-4-9-15/h1-2,5-6,12,20H,3-4,7-11H2. The second-order valence-electron chi connectivity index (χ2n) is 6.52. The zero-order chi connectivity index (χ0) is 17.4. The van der Waals surface area contributed by atoms with Crippen LogP contribution in [0.1, 0.15) is 38.5 Å². The van der Waals surface area contributed by atoms with Crippen molar-refractivity contribution in [3.8, 4) is 0 Å². The zero-order valence-electron chi connectivity index (χ0n) is 13.1. The molecule has 1 aromatic rings. The van der Waals surface area contributed by atoms with Gasteiger partial charge < -0.3 is 10.1 Å². The summed E-state index contributed by atoms with van der Waals surface area (Å²) in [5.74, 6) is 0. The number of rotatable bonds is 3. The lowest BCUT2D eigenvalue weighted by Gasteiger charge is -2.39. The van der Waals surface area contributed by atoms with Crippen molar-refractivity contribution in [1.29, 1.82) is 0 Å². The third-order valence-corrected chi connectivity index (χ3v) is 6.39. The van der Waals surface area contributed by atoms with Crippen LogP contribution in [-0.2, 0) is 14.6 Å². The molecule has 1 spiro atoms. The van der Waals surface area contributed by atoms with Crippen molar-refractivity contribution in [2.45, 2.75) is 60.6 Å². The maximum atomic E-state index is 12.9. The van der Waals surface area contributed by atoms with Crippen LogP contribution < -0.4 is 5.32 Å². The van der Waals surface area contributed by atoms with Gasteiger partial charge in [0.15, 0.2) is 0 Å². The van der Waals surface area contributed by atoms with Crippen molar-refractivity contribution in [2.24, 2.45) is 0 Å². The SMILES string of the molecule is O=S(=O)(c1ccccc1NC1CCOC2(CCCC2)C1)C(F)(F)F. The van der Waals surface area contributed by atoms with E-state index in [1.54, 1.807) is 0 Å². The number of halogens is 3. The molecule has 134 valence electrons. The van der Waals surface area contributed by atoms with Gasteiger partial charge in [0.25, 0.3) is 9.84 Å². The summed E-state index contributed by atoms with van der Waals surface area (Å²) in [6.45, 7) is 0.534. The van der Waals surface area contributed by atoms with Gasteiger partial charge in [-0.2, -0.15) is 13.2 Å². The normalized spacial score (nSPS) is 24.2. The van der Waals surface area contributed by atoms with E-state index in [0.717, 1.165) is 31.7 Å². The number of hydrogen-bond donors (Lipinski definition) is 1. The molecule has 0 radical (unpaired) electrons. The third kappa shape index (κ3) is 3.26. The Morgan fingerprint density at radius 3 is 2.50 bits per heavy atom. The van der Waals surface area contributed by atoms with Gasteiger partial charge in [-0.3, -0.25) is 0 Å². The van der Waals surface area contributed by atoms with Crippen LogP contribution in [0.3, 0.4) is 0 Å². The summed E-state index contributed by atoms with van der Waals surface area (Å²) in [4.78, 5) is -0.718. The molecular formula is C16H20F3NO3S. The highest BCUT2D eigenvalue weighted by atomic mass is 32.2. The van der Waals surface area contributed by atoms with Crippen LogP contribution in [-0.4, -0.2) is 32.2 Å². The molecule has 3 rings (SSSR count). The zero-order valence-corrected chi connectivity index (χ0v) is 13.9. The first kappa shape index (κ1) is 17.5. The van der Waals surface area contributed by atoms with Gasteiger partial charge in [0.1, 0.15) is 0 Å². The largest absolute Gasteiger partial charge is 0.501 e. The van der Waals surface area contributed by atoms with E-state index in [0.29, 0.717) is 19.4 Å². The van der Waals surface area contributed by atoms with Crippen molar-refractivity contribution in [3.63, 3.8) is 0 Å². The molecule has 0 aromatic heterocycles. The molecule has 1 aliphatic heterocycles. The lowest BCUT2D eigenvalue weighted by molar-refractivity contribution is -0.0767. The van der Waals surface area contributed by atoms with Crippen molar-refractivity contribution in [2.75, 3.05) is 11.9 Å². The van der Waals surface area contributed by atoms with Gasteiger partial charge in [0, 0.05) is 12.6 Å². The quantitative estimate of drug-likeness (QED) is 0.885. The van der Waals surface area contributed by atoms with Crippen molar-refractivity contribution >= 4 is 15.5 Å². The van der Waals surface area contributed by atoms with E-state index in [-0.39, 0.29) is 17.3 Å². The summed E-state index contributed by atoms with van der Waals surface area (Å²) < 4.78 is 68.1. The van der Waals surface area contributed by atoms with Crippen LogP contribution in [0.4, 0.5) is 18.9 Å². The summed E-state index contributed by atoms with van der Waals surface area (Å²) in [6.07, 6.45) is 5.41. The predicted molar refractivity (Wildman–Crippen MR) is 83.5 cm³/mol. The van der Waals surface area contributed by atoms with Crippen molar-refractivity contribution in [3.05, 3.63) is 24.3 Å². The number of benzene rings is 1. The number of alkyl halides is 3. The van der Waals surface area contributed by atoms with Gasteiger partial charge in [-0.25, -0.2) is 8.42 Å². The second-order valence-corrected chi connectivity index (χ2v) is 8.43. The second kappa shape index (κ2) is 6.22. The predicted octanol–water partition coefficient (Wildman–Crippen LogP) is 3.88. The molecule has 4 nitrogen and oxygen atoms in total. The molecule has 1 atom stereocenters. The highest BCUT2D eigenvalue weighted by Crippen LogP contribution is 2.41. The molecule has 2 fully saturated rings. The number of nitrogens with one attached hydrogen (secondary N) is 1. The van der Waals surface area contributed by atoms with Gasteiger partial charge >= 0.3 is 5.51 Å². The number of para-hydroxylation sites is 1. The molecule has 0 amide bonds. The first-order chi connectivity index (χ1) is 11.2. The molecule has 2 aliphatic rings. The fourth-order valence-electron chi connectivity index (χ4n) is 3.68. The van der Waals surface area contributed by atoms with E-state index < -0.39 is 20.2 Å². The molecule has 8 heteroatoms. The monoisotopic (exact) mass is 363 g/mol. The van der Waals surface area contributed by atoms with Crippen LogP contribution in [0.2, 0.25) is 0 Å². The van der Waals surface area contributed by atoms with E-state index in [2.05, 4.69) is 5.32 Å². The molecule has 24 heavy (non-hydrogen) atoms. The Labute approximate surface area is 139 Å². The molecule has 1 heterocycles. The minimum atomic E-state index is -5.38. The van der Waals surface area contributed by atoms with Gasteiger partial charge in [-0.05, 0) is 37.8 Å². The fraction of sp³-hybridized carbons (Fsp3) is 0.625. The Bertz CT molecular complexity index is 697. The van der Waals surface area contributed by atoms with Gasteiger partial charge in [-0.1, -0.05) is 25.0 Å². The van der Waals surface area contributed by atoms with Crippen LogP contribution in [0.5, 0.6) is 0 Å². The first-order valence-electron chi connectivity index (χ1n) is 8.04. The van der Waals surface area contributed by atoms with Crippen LogP contribution in [0.25, 0.3) is 0 Å². The highest BCUT2D eigenvalue weighted by molar-refractivity contribution is 7.92. The number of sulfone groups is 1. The molecule has 1 aromatic carbocycles. The van der Waals surface area contributed by atoms with E-state index in [9.17, 15) is 21.6 Å². The Morgan fingerprint density at radius 1 is 1.17 bits per heavy atom. The van der Waals surface area contributed by atoms with Crippen LogP contribution in [0, 0.1) is 0 Å². The fourth-order valence-corrected chi connectivity index (χ4v) is 4.61. The van der Waals surface area contributed by atoms with Crippen LogP contribution in [0.15, 0.2) is 29.2 Å². The molecule has 0 bridgehead atoms. The molecular weight excluding hydrogens is 343 g/mol. The van der Waals surface area contributed by atoms with Gasteiger partial charge in [-0.15, -0.1) is 0 Å². The maximum absolute atomic E-state index is 12.9.